The molecule has 22 heavy (non-hydrogen) atoms. The zero-order chi connectivity index (χ0) is 16.0. The molecule has 0 aromatic rings. The van der Waals surface area contributed by atoms with Crippen LogP contribution in [0.2, 0.25) is 0 Å². The van der Waals surface area contributed by atoms with E-state index in [1.54, 1.807) is 0 Å². The Morgan fingerprint density at radius 2 is 1.77 bits per heavy atom. The van der Waals surface area contributed by atoms with Crippen LogP contribution in [0.4, 0.5) is 0 Å². The molecule has 4 aliphatic rings. The number of ether oxygens (including phenoxy) is 1. The van der Waals surface area contributed by atoms with Crippen LogP contribution < -0.4 is 0 Å². The minimum absolute atomic E-state index is 0.0493. The van der Waals surface area contributed by atoms with Crippen molar-refractivity contribution in [3.63, 3.8) is 0 Å². The SMILES string of the molecule is CC(C)[C@@H]1CC[C@H]2[C@@]1(C)CC[C@]13CC[C@](C)(O1)[C@@H](CO)[C@]23O. The predicted octanol–water partition coefficient (Wildman–Crippen LogP) is 3.13. The molecule has 2 aliphatic carbocycles. The summed E-state index contributed by atoms with van der Waals surface area (Å²) in [4.78, 5) is 0. The second-order valence-electron chi connectivity index (χ2n) is 9.46. The second kappa shape index (κ2) is 4.29. The minimum Gasteiger partial charge on any atom is -0.396 e. The third kappa shape index (κ3) is 1.45. The molecule has 2 bridgehead atoms. The molecule has 0 unspecified atom stereocenters. The van der Waals surface area contributed by atoms with Gasteiger partial charge in [-0.3, -0.25) is 0 Å². The summed E-state index contributed by atoms with van der Waals surface area (Å²) in [6.45, 7) is 9.23. The molecule has 0 aromatic carbocycles. The Bertz CT molecular complexity index is 491. The highest BCUT2D eigenvalue weighted by molar-refractivity contribution is 5.28. The maximum Gasteiger partial charge on any atom is 0.105 e. The highest BCUT2D eigenvalue weighted by atomic mass is 16.6. The average molecular weight is 308 g/mol. The van der Waals surface area contributed by atoms with Gasteiger partial charge in [0.2, 0.25) is 0 Å². The largest absolute Gasteiger partial charge is 0.396 e. The molecule has 1 spiro atoms. The zero-order valence-corrected chi connectivity index (χ0v) is 14.6. The third-order valence-electron chi connectivity index (χ3n) is 8.45. The second-order valence-corrected chi connectivity index (χ2v) is 9.46. The van der Waals surface area contributed by atoms with Crippen LogP contribution in [0.3, 0.4) is 0 Å². The van der Waals surface area contributed by atoms with Crippen molar-refractivity contribution in [3.8, 4) is 0 Å². The van der Waals surface area contributed by atoms with E-state index in [4.69, 9.17) is 4.74 Å². The number of rotatable bonds is 2. The van der Waals surface area contributed by atoms with E-state index >= 15 is 0 Å². The third-order valence-corrected chi connectivity index (χ3v) is 8.45. The molecule has 2 saturated carbocycles. The van der Waals surface area contributed by atoms with Crippen molar-refractivity contribution < 1.29 is 14.9 Å². The molecule has 7 atom stereocenters. The van der Waals surface area contributed by atoms with Crippen LogP contribution in [0.15, 0.2) is 0 Å². The monoisotopic (exact) mass is 308 g/mol. The fourth-order valence-corrected chi connectivity index (χ4v) is 7.49. The van der Waals surface area contributed by atoms with Gasteiger partial charge in [-0.1, -0.05) is 20.8 Å². The van der Waals surface area contributed by atoms with Crippen LogP contribution in [0, 0.1) is 29.1 Å². The summed E-state index contributed by atoms with van der Waals surface area (Å²) >= 11 is 0. The Kier molecular flexibility index (Phi) is 3.00. The van der Waals surface area contributed by atoms with Crippen molar-refractivity contribution in [3.05, 3.63) is 0 Å². The van der Waals surface area contributed by atoms with Gasteiger partial charge >= 0.3 is 0 Å². The summed E-state index contributed by atoms with van der Waals surface area (Å²) in [7, 11) is 0. The van der Waals surface area contributed by atoms with Gasteiger partial charge in [-0.25, -0.2) is 0 Å². The lowest BCUT2D eigenvalue weighted by Gasteiger charge is -2.58. The standard InChI is InChI=1S/C19H32O3/c1-12(2)13-5-6-14-16(13,3)7-9-18-10-8-17(4,22-18)15(11-20)19(14,18)21/h12-15,20-21H,5-11H2,1-4H3/t13-,14-,15+,16-,17-,18+,19+/m0/s1. The maximum atomic E-state index is 12.0. The van der Waals surface area contributed by atoms with Crippen molar-refractivity contribution in [2.45, 2.75) is 83.0 Å². The lowest BCUT2D eigenvalue weighted by Crippen LogP contribution is -2.67. The van der Waals surface area contributed by atoms with E-state index < -0.39 is 5.60 Å². The molecule has 4 rings (SSSR count). The summed E-state index contributed by atoms with van der Waals surface area (Å²) < 4.78 is 6.50. The molecule has 126 valence electrons. The molecule has 3 nitrogen and oxygen atoms in total. The zero-order valence-electron chi connectivity index (χ0n) is 14.6. The summed E-state index contributed by atoms with van der Waals surface area (Å²) in [5, 5.41) is 22.1. The van der Waals surface area contributed by atoms with Gasteiger partial charge in [0.25, 0.3) is 0 Å². The topological polar surface area (TPSA) is 49.7 Å². The van der Waals surface area contributed by atoms with Crippen molar-refractivity contribution in [2.75, 3.05) is 6.61 Å². The molecule has 3 heteroatoms. The first-order chi connectivity index (χ1) is 10.2. The van der Waals surface area contributed by atoms with Crippen LogP contribution in [0.1, 0.15) is 66.2 Å². The first-order valence-electron chi connectivity index (χ1n) is 9.27. The number of fused-ring (bicyclic) bond motifs is 3. The predicted molar refractivity (Wildman–Crippen MR) is 85.4 cm³/mol. The maximum absolute atomic E-state index is 12.0. The van der Waals surface area contributed by atoms with Gasteiger partial charge in [-0.2, -0.15) is 0 Å². The summed E-state index contributed by atoms with van der Waals surface area (Å²) in [6, 6.07) is 0. The first kappa shape index (κ1) is 15.4. The Balaban J connectivity index is 1.81. The molecule has 4 fully saturated rings. The number of aliphatic hydroxyl groups is 2. The number of aliphatic hydroxyl groups excluding tert-OH is 1. The van der Waals surface area contributed by atoms with Gasteiger partial charge in [0.05, 0.1) is 17.8 Å². The van der Waals surface area contributed by atoms with Gasteiger partial charge in [-0.05, 0) is 68.6 Å². The van der Waals surface area contributed by atoms with Crippen molar-refractivity contribution in [1.29, 1.82) is 0 Å². The Morgan fingerprint density at radius 1 is 1.09 bits per heavy atom. The molecule has 0 radical (unpaired) electrons. The van der Waals surface area contributed by atoms with Crippen LogP contribution in [-0.2, 0) is 4.74 Å². The summed E-state index contributed by atoms with van der Waals surface area (Å²) in [5.41, 5.74) is -1.34. The van der Waals surface area contributed by atoms with Gasteiger partial charge in [-0.15, -0.1) is 0 Å². The molecule has 0 aromatic heterocycles. The van der Waals surface area contributed by atoms with E-state index in [-0.39, 0.29) is 35.1 Å². The van der Waals surface area contributed by atoms with Gasteiger partial charge in [0.1, 0.15) is 5.60 Å². The smallest absolute Gasteiger partial charge is 0.105 e. The molecule has 2 aliphatic heterocycles. The summed E-state index contributed by atoms with van der Waals surface area (Å²) in [5.74, 6) is 1.50. The van der Waals surface area contributed by atoms with Crippen LogP contribution >= 0.6 is 0 Å². The van der Waals surface area contributed by atoms with E-state index in [0.717, 1.165) is 32.1 Å². The normalized spacial score (nSPS) is 59.9. The van der Waals surface area contributed by atoms with E-state index in [1.165, 1.54) is 6.42 Å². The lowest BCUT2D eigenvalue weighted by atomic mass is 9.47. The van der Waals surface area contributed by atoms with Gasteiger partial charge in [0.15, 0.2) is 0 Å². The first-order valence-corrected chi connectivity index (χ1v) is 9.27. The minimum atomic E-state index is -0.828. The molecule has 0 amide bonds. The van der Waals surface area contributed by atoms with E-state index in [2.05, 4.69) is 27.7 Å². The number of hydrogen-bond acceptors (Lipinski definition) is 3. The van der Waals surface area contributed by atoms with Gasteiger partial charge in [0, 0.05) is 5.92 Å². The van der Waals surface area contributed by atoms with Crippen LogP contribution in [0.25, 0.3) is 0 Å². The van der Waals surface area contributed by atoms with Gasteiger partial charge < -0.3 is 14.9 Å². The average Bonchev–Trinajstić information content (AvgIpc) is 3.02. The van der Waals surface area contributed by atoms with E-state index in [1.807, 2.05) is 0 Å². The molecule has 2 N–H and O–H groups in total. The molecular formula is C19H32O3. The van der Waals surface area contributed by atoms with E-state index in [0.29, 0.717) is 11.8 Å². The Hall–Kier alpha value is -0.120. The highest BCUT2D eigenvalue weighted by Gasteiger charge is 2.79. The van der Waals surface area contributed by atoms with Crippen LogP contribution in [0.5, 0.6) is 0 Å². The highest BCUT2D eigenvalue weighted by Crippen LogP contribution is 2.73. The van der Waals surface area contributed by atoms with E-state index in [9.17, 15) is 10.2 Å². The fraction of sp³-hybridized carbons (Fsp3) is 1.00. The van der Waals surface area contributed by atoms with Crippen LogP contribution in [-0.4, -0.2) is 33.6 Å². The summed E-state index contributed by atoms with van der Waals surface area (Å²) in [6.07, 6.45) is 6.38. The molecule has 2 saturated heterocycles. The number of hydrogen-bond donors (Lipinski definition) is 2. The van der Waals surface area contributed by atoms with Crippen molar-refractivity contribution >= 4 is 0 Å². The van der Waals surface area contributed by atoms with Crippen molar-refractivity contribution in [2.24, 2.45) is 29.1 Å². The molecule has 2 heterocycles. The lowest BCUT2D eigenvalue weighted by molar-refractivity contribution is -0.216. The Morgan fingerprint density at radius 3 is 2.41 bits per heavy atom. The molecular weight excluding hydrogens is 276 g/mol. The fourth-order valence-electron chi connectivity index (χ4n) is 7.49. The quantitative estimate of drug-likeness (QED) is 0.824. The Labute approximate surface area is 134 Å². The van der Waals surface area contributed by atoms with Crippen molar-refractivity contribution in [1.82, 2.24) is 0 Å².